The van der Waals surface area contributed by atoms with Gasteiger partial charge < -0.3 is 4.90 Å². The first kappa shape index (κ1) is 11.3. The Bertz CT molecular complexity index is 618. The van der Waals surface area contributed by atoms with E-state index in [1.54, 1.807) is 0 Å². The van der Waals surface area contributed by atoms with Crippen LogP contribution in [-0.4, -0.2) is 0 Å². The number of fused-ring (bicyclic) bond motifs is 1. The molecule has 3 rings (SSSR count). The maximum atomic E-state index is 8.88. The van der Waals surface area contributed by atoms with Crippen LogP contribution in [0.1, 0.15) is 16.7 Å². The van der Waals surface area contributed by atoms with Gasteiger partial charge in [-0.2, -0.15) is 5.26 Å². The average molecular weight is 299 g/mol. The number of rotatable bonds is 1. The predicted octanol–water partition coefficient (Wildman–Crippen LogP) is 3.84. The summed E-state index contributed by atoms with van der Waals surface area (Å²) in [5, 5.41) is 8.88. The zero-order chi connectivity index (χ0) is 12.5. The number of benzene rings is 2. The summed E-state index contributed by atoms with van der Waals surface area (Å²) in [6.07, 6.45) is 0. The van der Waals surface area contributed by atoms with Crippen molar-refractivity contribution in [2.45, 2.75) is 13.1 Å². The SMILES string of the molecule is N#Cc1ccc(N2Cc3ccccc3C2)c(Br)c1. The van der Waals surface area contributed by atoms with E-state index in [4.69, 9.17) is 5.26 Å². The molecule has 1 aliphatic rings. The number of halogens is 1. The van der Waals surface area contributed by atoms with E-state index in [2.05, 4.69) is 51.2 Å². The molecule has 88 valence electrons. The van der Waals surface area contributed by atoms with Crippen LogP contribution >= 0.6 is 15.9 Å². The largest absolute Gasteiger partial charge is 0.362 e. The molecule has 0 atom stereocenters. The molecule has 0 radical (unpaired) electrons. The third-order valence-corrected chi connectivity index (χ3v) is 3.89. The zero-order valence-electron chi connectivity index (χ0n) is 9.73. The Kier molecular flexibility index (Phi) is 2.81. The third kappa shape index (κ3) is 1.89. The molecule has 2 nitrogen and oxygen atoms in total. The van der Waals surface area contributed by atoms with Crippen LogP contribution in [0.2, 0.25) is 0 Å². The van der Waals surface area contributed by atoms with Gasteiger partial charge in [-0.25, -0.2) is 0 Å². The van der Waals surface area contributed by atoms with Gasteiger partial charge in [-0.05, 0) is 45.3 Å². The Morgan fingerprint density at radius 1 is 1.06 bits per heavy atom. The fourth-order valence-electron chi connectivity index (χ4n) is 2.34. The Balaban J connectivity index is 1.93. The Labute approximate surface area is 115 Å². The van der Waals surface area contributed by atoms with Crippen LogP contribution in [0.15, 0.2) is 46.9 Å². The molecule has 0 aliphatic carbocycles. The molecule has 1 heterocycles. The quantitative estimate of drug-likeness (QED) is 0.800. The normalized spacial score (nSPS) is 13.2. The summed E-state index contributed by atoms with van der Waals surface area (Å²) in [4.78, 5) is 2.32. The van der Waals surface area contributed by atoms with Gasteiger partial charge in [0, 0.05) is 17.6 Å². The standard InChI is InChI=1S/C15H11BrN2/c16-14-7-11(8-17)5-6-15(14)18-9-12-3-1-2-4-13(12)10-18/h1-7H,9-10H2. The maximum absolute atomic E-state index is 8.88. The highest BCUT2D eigenvalue weighted by Gasteiger charge is 2.20. The zero-order valence-corrected chi connectivity index (χ0v) is 11.3. The molecule has 2 aromatic rings. The Morgan fingerprint density at radius 3 is 2.28 bits per heavy atom. The molecule has 0 unspecified atom stereocenters. The van der Waals surface area contributed by atoms with E-state index in [9.17, 15) is 0 Å². The van der Waals surface area contributed by atoms with Crippen molar-refractivity contribution < 1.29 is 0 Å². The molecular formula is C15H11BrN2. The van der Waals surface area contributed by atoms with Crippen molar-refractivity contribution in [3.63, 3.8) is 0 Å². The minimum atomic E-state index is 0.683. The van der Waals surface area contributed by atoms with E-state index in [-0.39, 0.29) is 0 Å². The van der Waals surface area contributed by atoms with Crippen molar-refractivity contribution >= 4 is 21.6 Å². The summed E-state index contributed by atoms with van der Waals surface area (Å²) in [6, 6.07) is 16.4. The van der Waals surface area contributed by atoms with Gasteiger partial charge in [0.25, 0.3) is 0 Å². The van der Waals surface area contributed by atoms with E-state index >= 15 is 0 Å². The minimum Gasteiger partial charge on any atom is -0.362 e. The lowest BCUT2D eigenvalue weighted by atomic mass is 10.1. The first-order valence-corrected chi connectivity index (χ1v) is 6.58. The summed E-state index contributed by atoms with van der Waals surface area (Å²) < 4.78 is 0.981. The second-order valence-corrected chi connectivity index (χ2v) is 5.26. The maximum Gasteiger partial charge on any atom is 0.0992 e. The van der Waals surface area contributed by atoms with E-state index in [1.807, 2.05) is 18.2 Å². The Morgan fingerprint density at radius 2 is 1.72 bits per heavy atom. The summed E-state index contributed by atoms with van der Waals surface area (Å²) in [6.45, 7) is 1.86. The molecule has 18 heavy (non-hydrogen) atoms. The van der Waals surface area contributed by atoms with Crippen LogP contribution in [0, 0.1) is 11.3 Å². The first-order chi connectivity index (χ1) is 8.78. The molecule has 0 aromatic heterocycles. The van der Waals surface area contributed by atoms with Crippen molar-refractivity contribution in [2.24, 2.45) is 0 Å². The highest BCUT2D eigenvalue weighted by Crippen LogP contribution is 2.33. The third-order valence-electron chi connectivity index (χ3n) is 3.26. The molecule has 1 aliphatic heterocycles. The van der Waals surface area contributed by atoms with Crippen LogP contribution in [-0.2, 0) is 13.1 Å². The molecule has 0 spiro atoms. The molecule has 0 amide bonds. The molecule has 0 bridgehead atoms. The van der Waals surface area contributed by atoms with Crippen LogP contribution in [0.3, 0.4) is 0 Å². The van der Waals surface area contributed by atoms with E-state index in [0.717, 1.165) is 23.2 Å². The van der Waals surface area contributed by atoms with Crippen molar-refractivity contribution in [1.82, 2.24) is 0 Å². The van der Waals surface area contributed by atoms with E-state index in [1.165, 1.54) is 11.1 Å². The fraction of sp³-hybridized carbons (Fsp3) is 0.133. The fourth-order valence-corrected chi connectivity index (χ4v) is 2.97. The second-order valence-electron chi connectivity index (χ2n) is 4.40. The molecule has 0 N–H and O–H groups in total. The lowest BCUT2D eigenvalue weighted by Crippen LogP contribution is -2.14. The van der Waals surface area contributed by atoms with Crippen molar-refractivity contribution in [3.8, 4) is 6.07 Å². The van der Waals surface area contributed by atoms with Gasteiger partial charge in [-0.1, -0.05) is 24.3 Å². The number of hydrogen-bond acceptors (Lipinski definition) is 2. The van der Waals surface area contributed by atoms with Crippen molar-refractivity contribution in [2.75, 3.05) is 4.90 Å². The summed E-state index contributed by atoms with van der Waals surface area (Å²) in [5.74, 6) is 0. The topological polar surface area (TPSA) is 27.0 Å². The predicted molar refractivity (Wildman–Crippen MR) is 75.2 cm³/mol. The van der Waals surface area contributed by atoms with Gasteiger partial charge in [0.2, 0.25) is 0 Å². The van der Waals surface area contributed by atoms with Gasteiger partial charge in [-0.15, -0.1) is 0 Å². The second kappa shape index (κ2) is 4.47. The number of nitrogens with zero attached hydrogens (tertiary/aromatic N) is 2. The van der Waals surface area contributed by atoms with E-state index in [0.29, 0.717) is 5.56 Å². The number of hydrogen-bond donors (Lipinski definition) is 0. The van der Waals surface area contributed by atoms with Crippen LogP contribution in [0.5, 0.6) is 0 Å². The summed E-state index contributed by atoms with van der Waals surface area (Å²) in [7, 11) is 0. The van der Waals surface area contributed by atoms with Crippen LogP contribution in [0.4, 0.5) is 5.69 Å². The first-order valence-electron chi connectivity index (χ1n) is 5.79. The number of nitriles is 1. The van der Waals surface area contributed by atoms with Gasteiger partial charge in [0.15, 0.2) is 0 Å². The van der Waals surface area contributed by atoms with Crippen LogP contribution < -0.4 is 4.90 Å². The van der Waals surface area contributed by atoms with Gasteiger partial charge in [0.05, 0.1) is 17.3 Å². The van der Waals surface area contributed by atoms with Gasteiger partial charge in [0.1, 0.15) is 0 Å². The Hall–Kier alpha value is -1.79. The van der Waals surface area contributed by atoms with Crippen LogP contribution in [0.25, 0.3) is 0 Å². The lowest BCUT2D eigenvalue weighted by molar-refractivity contribution is 0.877. The van der Waals surface area contributed by atoms with Crippen molar-refractivity contribution in [1.29, 1.82) is 5.26 Å². The number of anilines is 1. The average Bonchev–Trinajstić information content (AvgIpc) is 2.81. The lowest BCUT2D eigenvalue weighted by Gasteiger charge is -2.19. The molecule has 0 fully saturated rings. The molecule has 2 aromatic carbocycles. The minimum absolute atomic E-state index is 0.683. The summed E-state index contributed by atoms with van der Waals surface area (Å²) >= 11 is 3.55. The smallest absolute Gasteiger partial charge is 0.0992 e. The summed E-state index contributed by atoms with van der Waals surface area (Å²) in [5.41, 5.74) is 4.59. The molecule has 0 saturated heterocycles. The monoisotopic (exact) mass is 298 g/mol. The highest BCUT2D eigenvalue weighted by atomic mass is 79.9. The molecule has 3 heteroatoms. The molecule has 0 saturated carbocycles. The van der Waals surface area contributed by atoms with E-state index < -0.39 is 0 Å². The molecular weight excluding hydrogens is 288 g/mol. The van der Waals surface area contributed by atoms with Crippen molar-refractivity contribution in [3.05, 3.63) is 63.6 Å². The highest BCUT2D eigenvalue weighted by molar-refractivity contribution is 9.10. The van der Waals surface area contributed by atoms with Gasteiger partial charge >= 0.3 is 0 Å². The van der Waals surface area contributed by atoms with Gasteiger partial charge in [-0.3, -0.25) is 0 Å².